The van der Waals surface area contributed by atoms with Crippen molar-refractivity contribution in [2.75, 3.05) is 19.7 Å². The van der Waals surface area contributed by atoms with Crippen molar-refractivity contribution in [2.45, 2.75) is 25.3 Å². The summed E-state index contributed by atoms with van der Waals surface area (Å²) in [6.07, 6.45) is 0.942. The van der Waals surface area contributed by atoms with Crippen LogP contribution in [0.1, 0.15) is 35.2 Å². The monoisotopic (exact) mass is 324 g/mol. The molecular formula is C20H24N2O2. The van der Waals surface area contributed by atoms with Crippen LogP contribution < -0.4 is 10.5 Å². The zero-order valence-electron chi connectivity index (χ0n) is 14.0. The van der Waals surface area contributed by atoms with E-state index in [0.29, 0.717) is 25.3 Å². The topological polar surface area (TPSA) is 55.6 Å². The van der Waals surface area contributed by atoms with Gasteiger partial charge in [-0.15, -0.1) is 0 Å². The Morgan fingerprint density at radius 1 is 1.17 bits per heavy atom. The number of nitrogens with two attached hydrogens (primary N) is 1. The Hall–Kier alpha value is -2.33. The van der Waals surface area contributed by atoms with Crippen LogP contribution in [0.4, 0.5) is 0 Å². The van der Waals surface area contributed by atoms with Crippen LogP contribution in [0.25, 0.3) is 0 Å². The van der Waals surface area contributed by atoms with Gasteiger partial charge in [-0.1, -0.05) is 43.3 Å². The van der Waals surface area contributed by atoms with E-state index in [-0.39, 0.29) is 17.9 Å². The standard InChI is InChI=1S/C20H24N2O2/c1-2-11-24-17-10-6-9-16(12-17)20(23)22-13-18(19(21)14-22)15-7-4-3-5-8-15/h3-10,12,18-19H,2,11,13-14,21H2,1H3/t18-,19+/m0/s1. The molecule has 3 rings (SSSR count). The van der Waals surface area contributed by atoms with Gasteiger partial charge in [-0.2, -0.15) is 0 Å². The van der Waals surface area contributed by atoms with Crippen LogP contribution in [0.3, 0.4) is 0 Å². The highest BCUT2D eigenvalue weighted by Crippen LogP contribution is 2.28. The highest BCUT2D eigenvalue weighted by atomic mass is 16.5. The molecule has 0 unspecified atom stereocenters. The lowest BCUT2D eigenvalue weighted by Crippen LogP contribution is -2.32. The normalized spacial score (nSPS) is 20.2. The van der Waals surface area contributed by atoms with E-state index in [2.05, 4.69) is 19.1 Å². The van der Waals surface area contributed by atoms with E-state index in [4.69, 9.17) is 10.5 Å². The molecule has 2 aromatic carbocycles. The zero-order valence-corrected chi connectivity index (χ0v) is 14.0. The average Bonchev–Trinajstić information content (AvgIpc) is 3.02. The van der Waals surface area contributed by atoms with Crippen molar-refractivity contribution < 1.29 is 9.53 Å². The highest BCUT2D eigenvalue weighted by Gasteiger charge is 2.34. The number of benzene rings is 2. The van der Waals surface area contributed by atoms with E-state index in [9.17, 15) is 4.79 Å². The minimum absolute atomic E-state index is 0.0193. The van der Waals surface area contributed by atoms with E-state index in [0.717, 1.165) is 12.2 Å². The lowest BCUT2D eigenvalue weighted by atomic mass is 9.95. The van der Waals surface area contributed by atoms with Gasteiger partial charge in [0.05, 0.1) is 6.61 Å². The fourth-order valence-electron chi connectivity index (χ4n) is 3.17. The second kappa shape index (κ2) is 7.49. The molecule has 1 heterocycles. The summed E-state index contributed by atoms with van der Waals surface area (Å²) in [6.45, 7) is 3.95. The average molecular weight is 324 g/mol. The quantitative estimate of drug-likeness (QED) is 0.920. The third-order valence-electron chi connectivity index (χ3n) is 4.43. The highest BCUT2D eigenvalue weighted by molar-refractivity contribution is 5.95. The molecule has 1 aliphatic rings. The van der Waals surface area contributed by atoms with Crippen molar-refractivity contribution in [2.24, 2.45) is 5.73 Å². The number of carbonyl (C=O) groups excluding carboxylic acids is 1. The van der Waals surface area contributed by atoms with Crippen LogP contribution in [-0.2, 0) is 0 Å². The fourth-order valence-corrected chi connectivity index (χ4v) is 3.17. The Morgan fingerprint density at radius 3 is 2.71 bits per heavy atom. The van der Waals surface area contributed by atoms with Crippen LogP contribution in [0.2, 0.25) is 0 Å². The first-order valence-electron chi connectivity index (χ1n) is 8.51. The molecule has 0 saturated carbocycles. The molecule has 2 atom stereocenters. The van der Waals surface area contributed by atoms with Gasteiger partial charge in [0.2, 0.25) is 0 Å². The van der Waals surface area contributed by atoms with Crippen molar-refractivity contribution >= 4 is 5.91 Å². The van der Waals surface area contributed by atoms with Crippen LogP contribution in [-0.4, -0.2) is 36.5 Å². The number of rotatable bonds is 5. The van der Waals surface area contributed by atoms with Crippen molar-refractivity contribution in [1.82, 2.24) is 4.90 Å². The van der Waals surface area contributed by atoms with E-state index < -0.39 is 0 Å². The van der Waals surface area contributed by atoms with Gasteiger partial charge >= 0.3 is 0 Å². The summed E-state index contributed by atoms with van der Waals surface area (Å²) in [5, 5.41) is 0. The third kappa shape index (κ3) is 3.60. The summed E-state index contributed by atoms with van der Waals surface area (Å²) in [6, 6.07) is 17.6. The fraction of sp³-hybridized carbons (Fsp3) is 0.350. The molecule has 2 aromatic rings. The summed E-state index contributed by atoms with van der Waals surface area (Å²) in [5.74, 6) is 0.950. The number of amides is 1. The van der Waals surface area contributed by atoms with Gasteiger partial charge in [-0.05, 0) is 30.2 Å². The van der Waals surface area contributed by atoms with Gasteiger partial charge in [-0.25, -0.2) is 0 Å². The van der Waals surface area contributed by atoms with Gasteiger partial charge in [0, 0.05) is 30.6 Å². The number of hydrogen-bond donors (Lipinski definition) is 1. The Balaban J connectivity index is 1.72. The smallest absolute Gasteiger partial charge is 0.254 e. The van der Waals surface area contributed by atoms with Crippen molar-refractivity contribution in [3.63, 3.8) is 0 Å². The lowest BCUT2D eigenvalue weighted by Gasteiger charge is -2.17. The largest absolute Gasteiger partial charge is 0.494 e. The summed E-state index contributed by atoms with van der Waals surface area (Å²) in [5.41, 5.74) is 8.15. The number of hydrogen-bond acceptors (Lipinski definition) is 3. The van der Waals surface area contributed by atoms with Crippen molar-refractivity contribution in [3.05, 3.63) is 65.7 Å². The summed E-state index contributed by atoms with van der Waals surface area (Å²) < 4.78 is 5.62. The first kappa shape index (κ1) is 16.5. The van der Waals surface area contributed by atoms with Crippen molar-refractivity contribution in [1.29, 1.82) is 0 Å². The van der Waals surface area contributed by atoms with Crippen LogP contribution in [0.5, 0.6) is 5.75 Å². The summed E-state index contributed by atoms with van der Waals surface area (Å²) in [7, 11) is 0. The minimum Gasteiger partial charge on any atom is -0.494 e. The molecule has 126 valence electrons. The van der Waals surface area contributed by atoms with Crippen molar-refractivity contribution in [3.8, 4) is 5.75 Å². The van der Waals surface area contributed by atoms with Gasteiger partial charge in [0.1, 0.15) is 5.75 Å². The Morgan fingerprint density at radius 2 is 1.96 bits per heavy atom. The molecule has 0 aromatic heterocycles. The molecule has 24 heavy (non-hydrogen) atoms. The first-order valence-corrected chi connectivity index (χ1v) is 8.51. The lowest BCUT2D eigenvalue weighted by molar-refractivity contribution is 0.0788. The minimum atomic E-state index is -0.0316. The maximum atomic E-state index is 12.8. The number of nitrogens with zero attached hydrogens (tertiary/aromatic N) is 1. The van der Waals surface area contributed by atoms with Crippen LogP contribution >= 0.6 is 0 Å². The molecule has 1 amide bonds. The van der Waals surface area contributed by atoms with E-state index >= 15 is 0 Å². The Labute approximate surface area is 143 Å². The number of likely N-dealkylation sites (tertiary alicyclic amines) is 1. The molecule has 1 fully saturated rings. The first-order chi connectivity index (χ1) is 11.7. The molecule has 0 radical (unpaired) electrons. The van der Waals surface area contributed by atoms with Gasteiger partial charge < -0.3 is 15.4 Å². The predicted molar refractivity (Wildman–Crippen MR) is 95.3 cm³/mol. The molecule has 1 aliphatic heterocycles. The molecule has 0 spiro atoms. The molecule has 4 nitrogen and oxygen atoms in total. The molecule has 4 heteroatoms. The number of carbonyl (C=O) groups is 1. The molecular weight excluding hydrogens is 300 g/mol. The second-order valence-corrected chi connectivity index (χ2v) is 6.27. The molecule has 1 saturated heterocycles. The van der Waals surface area contributed by atoms with E-state index in [1.54, 1.807) is 0 Å². The van der Waals surface area contributed by atoms with E-state index in [1.807, 2.05) is 47.4 Å². The van der Waals surface area contributed by atoms with Gasteiger partial charge in [-0.3, -0.25) is 4.79 Å². The SMILES string of the molecule is CCCOc1cccc(C(=O)N2C[C@@H](N)[C@H](c3ccccc3)C2)c1. The molecule has 0 bridgehead atoms. The summed E-state index contributed by atoms with van der Waals surface area (Å²) >= 11 is 0. The predicted octanol–water partition coefficient (Wildman–Crippen LogP) is 3.04. The van der Waals surface area contributed by atoms with Crippen LogP contribution in [0.15, 0.2) is 54.6 Å². The van der Waals surface area contributed by atoms with E-state index in [1.165, 1.54) is 5.56 Å². The number of ether oxygens (including phenoxy) is 1. The van der Waals surface area contributed by atoms with Crippen LogP contribution in [0, 0.1) is 0 Å². The van der Waals surface area contributed by atoms with Gasteiger partial charge in [0.25, 0.3) is 5.91 Å². The maximum absolute atomic E-state index is 12.8. The second-order valence-electron chi connectivity index (χ2n) is 6.27. The Bertz CT molecular complexity index is 687. The zero-order chi connectivity index (χ0) is 16.9. The molecule has 2 N–H and O–H groups in total. The Kier molecular flexibility index (Phi) is 5.16. The third-order valence-corrected chi connectivity index (χ3v) is 4.43. The summed E-state index contributed by atoms with van der Waals surface area (Å²) in [4.78, 5) is 14.7. The molecule has 0 aliphatic carbocycles. The van der Waals surface area contributed by atoms with Gasteiger partial charge in [0.15, 0.2) is 0 Å². The maximum Gasteiger partial charge on any atom is 0.254 e.